The number of benzene rings is 6. The fourth-order valence-electron chi connectivity index (χ4n) is 6.95. The molecule has 0 amide bonds. The molecule has 0 unspecified atom stereocenters. The Bertz CT molecular complexity index is 1810. The Labute approximate surface area is 217 Å². The highest BCUT2D eigenvalue weighted by atomic mass is 14.5. The molecule has 0 aromatic heterocycles. The van der Waals surface area contributed by atoms with Gasteiger partial charge in [0.25, 0.3) is 0 Å². The van der Waals surface area contributed by atoms with Gasteiger partial charge in [0.2, 0.25) is 0 Å². The summed E-state index contributed by atoms with van der Waals surface area (Å²) in [4.78, 5) is 0. The van der Waals surface area contributed by atoms with Gasteiger partial charge in [-0.05, 0) is 66.4 Å². The van der Waals surface area contributed by atoms with Crippen LogP contribution < -0.4 is 0 Å². The summed E-state index contributed by atoms with van der Waals surface area (Å²) in [7, 11) is 0. The van der Waals surface area contributed by atoms with E-state index in [1.807, 2.05) is 0 Å². The molecule has 172 valence electrons. The van der Waals surface area contributed by atoms with Gasteiger partial charge in [0.05, 0.1) is 5.41 Å². The third-order valence-corrected chi connectivity index (χ3v) is 8.29. The van der Waals surface area contributed by atoms with Crippen LogP contribution in [0.3, 0.4) is 0 Å². The van der Waals surface area contributed by atoms with Crippen molar-refractivity contribution in [2.75, 3.05) is 0 Å². The summed E-state index contributed by atoms with van der Waals surface area (Å²) < 4.78 is 0. The number of hydrogen-bond donors (Lipinski definition) is 0. The molecule has 0 saturated carbocycles. The van der Waals surface area contributed by atoms with Crippen LogP contribution in [0.2, 0.25) is 0 Å². The monoisotopic (exact) mass is 468 g/mol. The van der Waals surface area contributed by atoms with Crippen molar-refractivity contribution in [1.82, 2.24) is 0 Å². The Kier molecular flexibility index (Phi) is 4.24. The Morgan fingerprint density at radius 2 is 0.919 bits per heavy atom. The first kappa shape index (κ1) is 20.5. The summed E-state index contributed by atoms with van der Waals surface area (Å²) in [5.41, 5.74) is 13.0. The maximum atomic E-state index is 2.40. The molecule has 0 saturated heterocycles. The quantitative estimate of drug-likeness (QED) is 0.238. The Morgan fingerprint density at radius 3 is 1.59 bits per heavy atom. The fourth-order valence-corrected chi connectivity index (χ4v) is 6.95. The topological polar surface area (TPSA) is 0 Å². The second-order valence-corrected chi connectivity index (χ2v) is 10.0. The van der Waals surface area contributed by atoms with E-state index in [0.717, 1.165) is 0 Å². The van der Waals surface area contributed by atoms with Crippen molar-refractivity contribution in [3.05, 3.63) is 179 Å². The van der Waals surface area contributed by atoms with E-state index in [2.05, 4.69) is 146 Å². The zero-order valence-electron chi connectivity index (χ0n) is 20.4. The highest BCUT2D eigenvalue weighted by molar-refractivity contribution is 6.18. The van der Waals surface area contributed by atoms with Gasteiger partial charge in [0.1, 0.15) is 0 Å². The molecule has 0 radical (unpaired) electrons. The van der Waals surface area contributed by atoms with Crippen molar-refractivity contribution in [3.63, 3.8) is 0 Å². The highest BCUT2D eigenvalue weighted by Gasteiger charge is 2.53. The van der Waals surface area contributed by atoms with Crippen LogP contribution in [0.1, 0.15) is 33.4 Å². The maximum Gasteiger partial charge on any atom is 0.0731 e. The molecule has 2 aliphatic carbocycles. The van der Waals surface area contributed by atoms with E-state index in [9.17, 15) is 0 Å². The van der Waals surface area contributed by atoms with E-state index in [4.69, 9.17) is 0 Å². The largest absolute Gasteiger partial charge is 0.0731 e. The van der Waals surface area contributed by atoms with Crippen LogP contribution in [0, 0.1) is 0 Å². The van der Waals surface area contributed by atoms with Crippen LogP contribution in [0.4, 0.5) is 0 Å². The molecule has 6 aromatic rings. The molecular weight excluding hydrogens is 444 g/mol. The van der Waals surface area contributed by atoms with Gasteiger partial charge >= 0.3 is 0 Å². The van der Waals surface area contributed by atoms with E-state index in [1.54, 1.807) is 0 Å². The van der Waals surface area contributed by atoms with Crippen molar-refractivity contribution in [3.8, 4) is 11.1 Å². The Hall–Kier alpha value is -4.68. The van der Waals surface area contributed by atoms with Crippen molar-refractivity contribution in [2.45, 2.75) is 5.41 Å². The SMILES string of the molecule is c1ccc(C2=C(c3ccccc3)C3(c4ccccc4-c4ccccc43)c3ccc4ccccc4c32)cc1. The Morgan fingerprint density at radius 1 is 0.378 bits per heavy atom. The molecule has 2 aliphatic rings. The first-order valence-electron chi connectivity index (χ1n) is 13.0. The summed E-state index contributed by atoms with van der Waals surface area (Å²) in [6.45, 7) is 0. The van der Waals surface area contributed by atoms with Gasteiger partial charge in [0, 0.05) is 0 Å². The van der Waals surface area contributed by atoms with Crippen LogP contribution in [-0.4, -0.2) is 0 Å². The molecule has 0 nitrogen and oxygen atoms in total. The van der Waals surface area contributed by atoms with Crippen LogP contribution >= 0.6 is 0 Å². The predicted octanol–water partition coefficient (Wildman–Crippen LogP) is 9.13. The lowest BCUT2D eigenvalue weighted by Gasteiger charge is -2.33. The number of hydrogen-bond acceptors (Lipinski definition) is 0. The zero-order chi connectivity index (χ0) is 24.4. The van der Waals surface area contributed by atoms with Crippen LogP contribution in [-0.2, 0) is 5.41 Å². The minimum atomic E-state index is -0.390. The summed E-state index contributed by atoms with van der Waals surface area (Å²) in [5.74, 6) is 0. The van der Waals surface area contributed by atoms with Gasteiger partial charge in [0.15, 0.2) is 0 Å². The second kappa shape index (κ2) is 7.66. The molecule has 0 atom stereocenters. The lowest BCUT2D eigenvalue weighted by atomic mass is 9.67. The van der Waals surface area contributed by atoms with Gasteiger partial charge < -0.3 is 0 Å². The summed E-state index contributed by atoms with van der Waals surface area (Å²) in [6, 6.07) is 53.7. The van der Waals surface area contributed by atoms with Crippen LogP contribution in [0.25, 0.3) is 33.0 Å². The molecule has 1 spiro atoms. The third kappa shape index (κ3) is 2.62. The van der Waals surface area contributed by atoms with Gasteiger partial charge in [-0.15, -0.1) is 0 Å². The van der Waals surface area contributed by atoms with E-state index in [0.29, 0.717) is 0 Å². The smallest absolute Gasteiger partial charge is 0.0622 e. The molecule has 8 rings (SSSR count). The van der Waals surface area contributed by atoms with Gasteiger partial charge in [-0.3, -0.25) is 0 Å². The van der Waals surface area contributed by atoms with Gasteiger partial charge in [-0.1, -0.05) is 146 Å². The number of allylic oxidation sites excluding steroid dienone is 1. The van der Waals surface area contributed by atoms with E-state index in [1.165, 1.54) is 66.4 Å². The lowest BCUT2D eigenvalue weighted by molar-refractivity contribution is 0.843. The zero-order valence-corrected chi connectivity index (χ0v) is 20.4. The minimum Gasteiger partial charge on any atom is -0.0622 e. The number of rotatable bonds is 2. The first-order chi connectivity index (χ1) is 18.4. The minimum absolute atomic E-state index is 0.390. The molecule has 0 fully saturated rings. The summed E-state index contributed by atoms with van der Waals surface area (Å²) in [5, 5.41) is 2.59. The first-order valence-corrected chi connectivity index (χ1v) is 13.0. The van der Waals surface area contributed by atoms with Crippen LogP contribution in [0.5, 0.6) is 0 Å². The summed E-state index contributed by atoms with van der Waals surface area (Å²) in [6.07, 6.45) is 0. The predicted molar refractivity (Wildman–Crippen MR) is 155 cm³/mol. The van der Waals surface area contributed by atoms with Crippen molar-refractivity contribution in [1.29, 1.82) is 0 Å². The van der Waals surface area contributed by atoms with Gasteiger partial charge in [-0.25, -0.2) is 0 Å². The van der Waals surface area contributed by atoms with E-state index < -0.39 is 0 Å². The Balaban J connectivity index is 1.66. The van der Waals surface area contributed by atoms with Gasteiger partial charge in [-0.2, -0.15) is 0 Å². The highest BCUT2D eigenvalue weighted by Crippen LogP contribution is 2.65. The third-order valence-electron chi connectivity index (χ3n) is 8.29. The molecule has 6 aromatic carbocycles. The molecule has 0 N–H and O–H groups in total. The molecule has 0 heteroatoms. The van der Waals surface area contributed by atoms with Crippen molar-refractivity contribution >= 4 is 21.9 Å². The lowest BCUT2D eigenvalue weighted by Crippen LogP contribution is -2.26. The molecule has 0 bridgehead atoms. The second-order valence-electron chi connectivity index (χ2n) is 10.0. The summed E-state index contributed by atoms with van der Waals surface area (Å²) >= 11 is 0. The van der Waals surface area contributed by atoms with Crippen molar-refractivity contribution in [2.24, 2.45) is 0 Å². The normalized spacial score (nSPS) is 14.6. The van der Waals surface area contributed by atoms with Crippen molar-refractivity contribution < 1.29 is 0 Å². The van der Waals surface area contributed by atoms with Crippen LogP contribution in [0.15, 0.2) is 146 Å². The van der Waals surface area contributed by atoms with E-state index in [-0.39, 0.29) is 5.41 Å². The van der Waals surface area contributed by atoms with E-state index >= 15 is 0 Å². The molecule has 0 aliphatic heterocycles. The molecular formula is C37H24. The molecule has 37 heavy (non-hydrogen) atoms. The number of fused-ring (bicyclic) bond motifs is 9. The molecule has 0 heterocycles. The maximum absolute atomic E-state index is 2.40. The average molecular weight is 469 g/mol. The fraction of sp³-hybridized carbons (Fsp3) is 0.0270. The standard InChI is InChI=1S/C37H24/c1-3-14-26(15-4-1)34-35-28-18-8-7-13-25(28)23-24-33(35)37(36(34)27-16-5-2-6-17-27)31-21-11-9-19-29(31)30-20-10-12-22-32(30)37/h1-24H. The average Bonchev–Trinajstić information content (AvgIpc) is 3.46.